The zero-order chi connectivity index (χ0) is 14.9. The lowest BCUT2D eigenvalue weighted by atomic mass is 9.94. The van der Waals surface area contributed by atoms with E-state index in [-0.39, 0.29) is 10.6 Å². The predicted molar refractivity (Wildman–Crippen MR) is 74.7 cm³/mol. The molecule has 112 valence electrons. The Bertz CT molecular complexity index is 578. The van der Waals surface area contributed by atoms with Crippen molar-refractivity contribution >= 4 is 10.0 Å². The van der Waals surface area contributed by atoms with Crippen LogP contribution in [0.25, 0.3) is 0 Å². The molecule has 2 rings (SSSR count). The van der Waals surface area contributed by atoms with Crippen LogP contribution >= 0.6 is 0 Å². The number of ether oxygens (including phenoxy) is 1. The summed E-state index contributed by atoms with van der Waals surface area (Å²) in [6.07, 6.45) is 1.03. The Hall–Kier alpha value is -1.14. The van der Waals surface area contributed by atoms with E-state index in [4.69, 9.17) is 4.74 Å². The van der Waals surface area contributed by atoms with Crippen LogP contribution in [0, 0.1) is 17.7 Å². The summed E-state index contributed by atoms with van der Waals surface area (Å²) in [6, 6.07) is 3.66. The molecule has 2 atom stereocenters. The molecular formula is C14H20FNO3S. The Morgan fingerprint density at radius 3 is 2.40 bits per heavy atom. The van der Waals surface area contributed by atoms with Crippen molar-refractivity contribution in [2.45, 2.75) is 25.2 Å². The minimum atomic E-state index is -3.59. The van der Waals surface area contributed by atoms with Gasteiger partial charge in [0.1, 0.15) is 0 Å². The molecule has 4 nitrogen and oxygen atoms in total. The molecule has 1 fully saturated rings. The van der Waals surface area contributed by atoms with Crippen LogP contribution in [-0.4, -0.2) is 32.9 Å². The second kappa shape index (κ2) is 5.69. The molecule has 1 aliphatic rings. The second-order valence-electron chi connectivity index (χ2n) is 5.56. The van der Waals surface area contributed by atoms with Gasteiger partial charge >= 0.3 is 0 Å². The Kier molecular flexibility index (Phi) is 4.34. The van der Waals surface area contributed by atoms with E-state index in [0.29, 0.717) is 24.9 Å². The van der Waals surface area contributed by atoms with Gasteiger partial charge in [-0.15, -0.1) is 0 Å². The summed E-state index contributed by atoms with van der Waals surface area (Å²) in [5.74, 6) is 0.0442. The molecule has 0 radical (unpaired) electrons. The Morgan fingerprint density at radius 1 is 1.25 bits per heavy atom. The monoisotopic (exact) mass is 301 g/mol. The number of halogens is 1. The first kappa shape index (κ1) is 15.3. The molecule has 1 heterocycles. The van der Waals surface area contributed by atoms with Crippen LogP contribution in [0.5, 0.6) is 5.75 Å². The van der Waals surface area contributed by atoms with Crippen molar-refractivity contribution in [2.75, 3.05) is 20.2 Å². The molecule has 0 amide bonds. The highest BCUT2D eigenvalue weighted by Gasteiger charge is 2.32. The highest BCUT2D eigenvalue weighted by atomic mass is 32.2. The molecule has 20 heavy (non-hydrogen) atoms. The number of hydrogen-bond acceptors (Lipinski definition) is 3. The molecule has 0 N–H and O–H groups in total. The van der Waals surface area contributed by atoms with Gasteiger partial charge in [0.2, 0.25) is 10.0 Å². The van der Waals surface area contributed by atoms with E-state index in [1.54, 1.807) is 0 Å². The molecule has 1 aromatic rings. The normalized spacial score (nSPS) is 24.6. The molecule has 0 saturated carbocycles. The van der Waals surface area contributed by atoms with E-state index < -0.39 is 15.8 Å². The van der Waals surface area contributed by atoms with Gasteiger partial charge in [-0.25, -0.2) is 12.8 Å². The van der Waals surface area contributed by atoms with Crippen LogP contribution in [0.15, 0.2) is 23.1 Å². The Morgan fingerprint density at radius 2 is 1.85 bits per heavy atom. The molecule has 6 heteroatoms. The number of hydrogen-bond donors (Lipinski definition) is 0. The summed E-state index contributed by atoms with van der Waals surface area (Å²) in [4.78, 5) is 0.0806. The van der Waals surface area contributed by atoms with Crippen LogP contribution < -0.4 is 4.74 Å². The maximum atomic E-state index is 13.4. The SMILES string of the molecule is COc1cc(S(=O)(=O)N2C[C@@H](C)C[C@H](C)C2)ccc1F. The van der Waals surface area contributed by atoms with E-state index in [1.165, 1.54) is 23.5 Å². The zero-order valence-electron chi connectivity index (χ0n) is 12.0. The number of nitrogens with zero attached hydrogens (tertiary/aromatic N) is 1. The minimum Gasteiger partial charge on any atom is -0.494 e. The smallest absolute Gasteiger partial charge is 0.243 e. The first-order chi connectivity index (χ1) is 9.34. The first-order valence-corrected chi connectivity index (χ1v) is 8.12. The fourth-order valence-corrected chi connectivity index (χ4v) is 4.45. The van der Waals surface area contributed by atoms with Gasteiger partial charge in [-0.3, -0.25) is 0 Å². The van der Waals surface area contributed by atoms with Gasteiger partial charge in [-0.2, -0.15) is 4.31 Å². The van der Waals surface area contributed by atoms with Crippen molar-refractivity contribution in [3.8, 4) is 5.75 Å². The van der Waals surface area contributed by atoms with Crippen LogP contribution in [0.1, 0.15) is 20.3 Å². The number of benzene rings is 1. The summed E-state index contributed by atoms with van der Waals surface area (Å²) >= 11 is 0. The maximum Gasteiger partial charge on any atom is 0.243 e. The number of sulfonamides is 1. The van der Waals surface area contributed by atoms with Crippen molar-refractivity contribution in [1.29, 1.82) is 0 Å². The quantitative estimate of drug-likeness (QED) is 0.862. The van der Waals surface area contributed by atoms with E-state index >= 15 is 0 Å². The van der Waals surface area contributed by atoms with Crippen molar-refractivity contribution < 1.29 is 17.5 Å². The van der Waals surface area contributed by atoms with Gasteiger partial charge in [-0.1, -0.05) is 13.8 Å². The average Bonchev–Trinajstić information content (AvgIpc) is 2.37. The summed E-state index contributed by atoms with van der Waals surface area (Å²) in [5, 5.41) is 0. The molecular weight excluding hydrogens is 281 g/mol. The van der Waals surface area contributed by atoms with Crippen LogP contribution in [0.4, 0.5) is 4.39 Å². The third kappa shape index (κ3) is 2.96. The summed E-state index contributed by atoms with van der Waals surface area (Å²) in [5.41, 5.74) is 0. The second-order valence-corrected chi connectivity index (χ2v) is 7.50. The van der Waals surface area contributed by atoms with Gasteiger partial charge in [0.05, 0.1) is 12.0 Å². The molecule has 0 unspecified atom stereocenters. The first-order valence-electron chi connectivity index (χ1n) is 6.68. The Labute approximate surface area is 119 Å². The highest BCUT2D eigenvalue weighted by Crippen LogP contribution is 2.28. The molecule has 1 saturated heterocycles. The topological polar surface area (TPSA) is 46.6 Å². The van der Waals surface area contributed by atoms with Gasteiger partial charge in [0.25, 0.3) is 0 Å². The van der Waals surface area contributed by atoms with E-state index in [2.05, 4.69) is 0 Å². The molecule has 0 spiro atoms. The van der Waals surface area contributed by atoms with Gasteiger partial charge in [-0.05, 0) is 30.4 Å². The van der Waals surface area contributed by atoms with Crippen molar-refractivity contribution in [3.05, 3.63) is 24.0 Å². The van der Waals surface area contributed by atoms with Crippen LogP contribution in [-0.2, 0) is 10.0 Å². The molecule has 0 bridgehead atoms. The molecule has 1 aromatic carbocycles. The van der Waals surface area contributed by atoms with Crippen LogP contribution in [0.3, 0.4) is 0 Å². The summed E-state index contributed by atoms with van der Waals surface area (Å²) in [7, 11) is -2.27. The van der Waals surface area contributed by atoms with Gasteiger partial charge in [0.15, 0.2) is 11.6 Å². The molecule has 0 aliphatic carbocycles. The van der Waals surface area contributed by atoms with E-state index in [0.717, 1.165) is 12.5 Å². The lowest BCUT2D eigenvalue weighted by Crippen LogP contribution is -2.42. The highest BCUT2D eigenvalue weighted by molar-refractivity contribution is 7.89. The van der Waals surface area contributed by atoms with Gasteiger partial charge < -0.3 is 4.74 Å². The predicted octanol–water partition coefficient (Wildman–Crippen LogP) is 2.50. The standard InChI is InChI=1S/C14H20FNO3S/c1-10-6-11(2)9-16(8-10)20(17,18)12-4-5-13(15)14(7-12)19-3/h4-5,7,10-11H,6,8-9H2,1-3H3/t10-,11-/m0/s1. The number of rotatable bonds is 3. The fraction of sp³-hybridized carbons (Fsp3) is 0.571. The van der Waals surface area contributed by atoms with Crippen molar-refractivity contribution in [3.63, 3.8) is 0 Å². The molecule has 1 aliphatic heterocycles. The summed E-state index contributed by atoms with van der Waals surface area (Å²) < 4.78 is 44.9. The van der Waals surface area contributed by atoms with E-state index in [1.807, 2.05) is 13.8 Å². The van der Waals surface area contributed by atoms with Crippen molar-refractivity contribution in [1.82, 2.24) is 4.31 Å². The van der Waals surface area contributed by atoms with E-state index in [9.17, 15) is 12.8 Å². The maximum absolute atomic E-state index is 13.4. The minimum absolute atomic E-state index is 0.0517. The number of methoxy groups -OCH3 is 1. The molecule has 0 aromatic heterocycles. The zero-order valence-corrected chi connectivity index (χ0v) is 12.8. The third-order valence-electron chi connectivity index (χ3n) is 3.60. The lowest BCUT2D eigenvalue weighted by molar-refractivity contribution is 0.222. The lowest BCUT2D eigenvalue weighted by Gasteiger charge is -2.34. The Balaban J connectivity index is 2.34. The van der Waals surface area contributed by atoms with Crippen molar-refractivity contribution in [2.24, 2.45) is 11.8 Å². The van der Waals surface area contributed by atoms with Crippen LogP contribution in [0.2, 0.25) is 0 Å². The van der Waals surface area contributed by atoms with Gasteiger partial charge in [0, 0.05) is 19.2 Å². The number of piperidine rings is 1. The summed E-state index contributed by atoms with van der Waals surface area (Å²) in [6.45, 7) is 5.10. The fourth-order valence-electron chi connectivity index (χ4n) is 2.75. The third-order valence-corrected chi connectivity index (χ3v) is 5.42. The largest absolute Gasteiger partial charge is 0.494 e. The average molecular weight is 301 g/mol.